The van der Waals surface area contributed by atoms with Crippen molar-refractivity contribution in [2.75, 3.05) is 4.90 Å². The summed E-state index contributed by atoms with van der Waals surface area (Å²) in [5.41, 5.74) is 13.2. The van der Waals surface area contributed by atoms with E-state index in [1.165, 1.54) is 44.1 Å². The van der Waals surface area contributed by atoms with Crippen LogP contribution >= 0.6 is 0 Å². The summed E-state index contributed by atoms with van der Waals surface area (Å²) in [7, 11) is 0. The lowest BCUT2D eigenvalue weighted by Crippen LogP contribution is -2.10. The Labute approximate surface area is 295 Å². The molecule has 0 bridgehead atoms. The number of hydrogen-bond donors (Lipinski definition) is 0. The van der Waals surface area contributed by atoms with Crippen molar-refractivity contribution in [3.63, 3.8) is 0 Å². The topological polar surface area (TPSA) is 21.3 Å². The average molecular weight is 653 g/mol. The minimum atomic E-state index is 0.869. The van der Waals surface area contributed by atoms with Crippen molar-refractivity contribution in [2.45, 2.75) is 0 Å². The molecule has 0 fully saturated rings. The molecule has 0 unspecified atom stereocenters. The van der Waals surface area contributed by atoms with E-state index in [2.05, 4.69) is 191 Å². The third kappa shape index (κ3) is 4.82. The molecule has 2 aromatic heterocycles. The molecule has 0 spiro atoms. The molecule has 0 aliphatic heterocycles. The fraction of sp³-hybridized carbons (Fsp3) is 0. The van der Waals surface area contributed by atoms with Gasteiger partial charge in [-0.1, -0.05) is 133 Å². The summed E-state index contributed by atoms with van der Waals surface area (Å²) in [4.78, 5) is 2.31. The van der Waals surface area contributed by atoms with Crippen LogP contribution in [0, 0.1) is 0 Å². The predicted molar refractivity (Wildman–Crippen MR) is 214 cm³/mol. The third-order valence-corrected chi connectivity index (χ3v) is 10.0. The van der Waals surface area contributed by atoms with Crippen LogP contribution in [0.15, 0.2) is 199 Å². The SMILES string of the molecule is c1ccc(-c2ccc(N(c3ccc(-c4cccc5c4c4ccccc4n5-c4ccccc4)cc3)c3cccc4c3oc3ccccc34)cc2)cc1. The van der Waals surface area contributed by atoms with Gasteiger partial charge in [-0.2, -0.15) is 0 Å². The van der Waals surface area contributed by atoms with Crippen LogP contribution in [0.1, 0.15) is 0 Å². The smallest absolute Gasteiger partial charge is 0.159 e. The van der Waals surface area contributed by atoms with Crippen LogP contribution in [0.4, 0.5) is 17.1 Å². The van der Waals surface area contributed by atoms with Gasteiger partial charge in [0.1, 0.15) is 5.58 Å². The molecule has 3 heteroatoms. The predicted octanol–water partition coefficient (Wildman–Crippen LogP) is 13.5. The molecule has 240 valence electrons. The van der Waals surface area contributed by atoms with Crippen LogP contribution in [-0.4, -0.2) is 4.57 Å². The Bertz CT molecular complexity index is 2830. The number of para-hydroxylation sites is 4. The van der Waals surface area contributed by atoms with Crippen molar-refractivity contribution in [1.29, 1.82) is 0 Å². The first-order valence-corrected chi connectivity index (χ1v) is 17.4. The summed E-state index contributed by atoms with van der Waals surface area (Å²) < 4.78 is 8.95. The molecule has 10 rings (SSSR count). The van der Waals surface area contributed by atoms with Crippen LogP contribution in [-0.2, 0) is 0 Å². The summed E-state index contributed by atoms with van der Waals surface area (Å²) in [5, 5.41) is 4.72. The van der Waals surface area contributed by atoms with E-state index in [9.17, 15) is 0 Å². The Kier molecular flexibility index (Phi) is 6.81. The van der Waals surface area contributed by atoms with E-state index in [-0.39, 0.29) is 0 Å². The Morgan fingerprint density at radius 1 is 0.392 bits per heavy atom. The molecule has 3 nitrogen and oxygen atoms in total. The van der Waals surface area contributed by atoms with E-state index in [0.717, 1.165) is 44.7 Å². The maximum atomic E-state index is 6.58. The standard InChI is InChI=1S/C48H32N2O/c1-3-13-33(14-4-1)34-25-29-37(30-26-34)49(45-23-12-20-41-40-17-8-10-24-46(40)51-48(41)45)38-31-27-35(28-32-38)39-19-11-22-44-47(39)42-18-7-9-21-43(42)50(44)36-15-5-2-6-16-36/h1-32H. The van der Waals surface area contributed by atoms with Gasteiger partial charge in [0.05, 0.1) is 16.7 Å². The van der Waals surface area contributed by atoms with Gasteiger partial charge in [0.2, 0.25) is 0 Å². The normalized spacial score (nSPS) is 11.5. The summed E-state index contributed by atoms with van der Waals surface area (Å²) in [5.74, 6) is 0. The zero-order valence-electron chi connectivity index (χ0n) is 27.8. The van der Waals surface area contributed by atoms with Gasteiger partial charge in [0, 0.05) is 38.6 Å². The number of rotatable bonds is 6. The lowest BCUT2D eigenvalue weighted by atomic mass is 9.99. The van der Waals surface area contributed by atoms with E-state index in [1.807, 2.05) is 12.1 Å². The molecule has 0 radical (unpaired) electrons. The molecule has 0 saturated carbocycles. The number of hydrogen-bond acceptors (Lipinski definition) is 2. The third-order valence-electron chi connectivity index (χ3n) is 10.0. The molecule has 0 aliphatic carbocycles. The number of nitrogens with zero attached hydrogens (tertiary/aromatic N) is 2. The molecular weight excluding hydrogens is 621 g/mol. The van der Waals surface area contributed by atoms with Gasteiger partial charge in [0.25, 0.3) is 0 Å². The first kappa shape index (κ1) is 29.1. The van der Waals surface area contributed by atoms with Gasteiger partial charge < -0.3 is 13.9 Å². The maximum Gasteiger partial charge on any atom is 0.159 e. The number of furan rings is 1. The van der Waals surface area contributed by atoms with Crippen molar-refractivity contribution in [3.05, 3.63) is 194 Å². The fourth-order valence-electron chi connectivity index (χ4n) is 7.67. The zero-order chi connectivity index (χ0) is 33.7. The number of benzene rings is 8. The minimum Gasteiger partial charge on any atom is -0.454 e. The van der Waals surface area contributed by atoms with Crippen LogP contribution in [0.2, 0.25) is 0 Å². The van der Waals surface area contributed by atoms with Gasteiger partial charge >= 0.3 is 0 Å². The molecule has 2 heterocycles. The molecule has 0 amide bonds. The van der Waals surface area contributed by atoms with Crippen molar-refractivity contribution in [3.8, 4) is 27.9 Å². The highest BCUT2D eigenvalue weighted by Crippen LogP contribution is 2.44. The molecule has 8 aromatic carbocycles. The lowest BCUT2D eigenvalue weighted by Gasteiger charge is -2.26. The molecule has 51 heavy (non-hydrogen) atoms. The highest BCUT2D eigenvalue weighted by molar-refractivity contribution is 6.16. The van der Waals surface area contributed by atoms with Crippen LogP contribution < -0.4 is 4.90 Å². The fourth-order valence-corrected chi connectivity index (χ4v) is 7.67. The first-order valence-electron chi connectivity index (χ1n) is 17.4. The lowest BCUT2D eigenvalue weighted by molar-refractivity contribution is 0.669. The maximum absolute atomic E-state index is 6.58. The molecule has 0 atom stereocenters. The second-order valence-electron chi connectivity index (χ2n) is 12.9. The highest BCUT2D eigenvalue weighted by Gasteiger charge is 2.20. The van der Waals surface area contributed by atoms with E-state index in [4.69, 9.17) is 4.42 Å². The van der Waals surface area contributed by atoms with Crippen molar-refractivity contribution in [1.82, 2.24) is 4.57 Å². The minimum absolute atomic E-state index is 0.869. The molecule has 0 saturated heterocycles. The molecular formula is C48H32N2O. The van der Waals surface area contributed by atoms with Gasteiger partial charge in [-0.15, -0.1) is 0 Å². The van der Waals surface area contributed by atoms with Crippen molar-refractivity contribution in [2.24, 2.45) is 0 Å². The second kappa shape index (κ2) is 11.9. The Hall–Kier alpha value is -6.84. The van der Waals surface area contributed by atoms with Crippen LogP contribution in [0.25, 0.3) is 71.7 Å². The Morgan fingerprint density at radius 2 is 0.961 bits per heavy atom. The quantitative estimate of drug-likeness (QED) is 0.178. The van der Waals surface area contributed by atoms with E-state index < -0.39 is 0 Å². The van der Waals surface area contributed by atoms with Crippen molar-refractivity contribution >= 4 is 60.8 Å². The summed E-state index contributed by atoms with van der Waals surface area (Å²) in [6.45, 7) is 0. The molecule has 0 aliphatic rings. The Morgan fingerprint density at radius 3 is 1.73 bits per heavy atom. The van der Waals surface area contributed by atoms with Gasteiger partial charge in [-0.3, -0.25) is 0 Å². The van der Waals surface area contributed by atoms with Crippen molar-refractivity contribution < 1.29 is 4.42 Å². The van der Waals surface area contributed by atoms with Gasteiger partial charge in [-0.05, 0) is 82.9 Å². The summed E-state index contributed by atoms with van der Waals surface area (Å²) >= 11 is 0. The monoisotopic (exact) mass is 652 g/mol. The van der Waals surface area contributed by atoms with E-state index in [1.54, 1.807) is 0 Å². The summed E-state index contributed by atoms with van der Waals surface area (Å²) in [6.07, 6.45) is 0. The molecule has 0 N–H and O–H groups in total. The molecule has 10 aromatic rings. The van der Waals surface area contributed by atoms with Gasteiger partial charge in [-0.25, -0.2) is 0 Å². The first-order chi connectivity index (χ1) is 25.3. The zero-order valence-corrected chi connectivity index (χ0v) is 27.8. The Balaban J connectivity index is 1.13. The highest BCUT2D eigenvalue weighted by atomic mass is 16.3. The summed E-state index contributed by atoms with van der Waals surface area (Å²) in [6, 6.07) is 69.0. The number of aromatic nitrogens is 1. The van der Waals surface area contributed by atoms with E-state index in [0.29, 0.717) is 0 Å². The largest absolute Gasteiger partial charge is 0.454 e. The van der Waals surface area contributed by atoms with Crippen LogP contribution in [0.5, 0.6) is 0 Å². The second-order valence-corrected chi connectivity index (χ2v) is 12.9. The van der Waals surface area contributed by atoms with Crippen LogP contribution in [0.3, 0.4) is 0 Å². The number of anilines is 3. The average Bonchev–Trinajstić information content (AvgIpc) is 3.76. The number of fused-ring (bicyclic) bond motifs is 6. The van der Waals surface area contributed by atoms with Gasteiger partial charge in [0.15, 0.2) is 5.58 Å². The van der Waals surface area contributed by atoms with E-state index >= 15 is 0 Å².